The Balaban J connectivity index is 2.20. The maximum Gasteiger partial charge on any atom is 0.0576 e. The molecule has 0 bridgehead atoms. The summed E-state index contributed by atoms with van der Waals surface area (Å²) in [6, 6.07) is 0. The fraction of sp³-hybridized carbons (Fsp3) is 1.00. The third-order valence-corrected chi connectivity index (χ3v) is 3.02. The minimum atomic E-state index is -0.186. The van der Waals surface area contributed by atoms with E-state index >= 15 is 0 Å². The molecule has 1 heterocycles. The van der Waals surface area contributed by atoms with Gasteiger partial charge >= 0.3 is 0 Å². The number of rotatable bonds is 5. The smallest absolute Gasteiger partial charge is 0.0576 e. The van der Waals surface area contributed by atoms with Gasteiger partial charge in [0.05, 0.1) is 12.2 Å². The highest BCUT2D eigenvalue weighted by molar-refractivity contribution is 4.75. The predicted molar refractivity (Wildman–Crippen MR) is 58.3 cm³/mol. The molecule has 0 aromatic carbocycles. The molecular weight excluding hydrogens is 176 g/mol. The molecule has 2 heteroatoms. The zero-order chi connectivity index (χ0) is 10.6. The van der Waals surface area contributed by atoms with Crippen molar-refractivity contribution in [2.24, 2.45) is 5.41 Å². The average molecular weight is 200 g/mol. The molecule has 2 atom stereocenters. The molecule has 1 aliphatic heterocycles. The van der Waals surface area contributed by atoms with Crippen molar-refractivity contribution in [1.29, 1.82) is 0 Å². The lowest BCUT2D eigenvalue weighted by atomic mass is 9.81. The highest BCUT2D eigenvalue weighted by Crippen LogP contribution is 2.31. The molecule has 1 N–H and O–H groups in total. The highest BCUT2D eigenvalue weighted by Gasteiger charge is 2.23. The van der Waals surface area contributed by atoms with Gasteiger partial charge in [0, 0.05) is 6.61 Å². The van der Waals surface area contributed by atoms with Crippen LogP contribution in [0.3, 0.4) is 0 Å². The van der Waals surface area contributed by atoms with Gasteiger partial charge in [-0.1, -0.05) is 13.8 Å². The van der Waals surface area contributed by atoms with Crippen LogP contribution in [0.2, 0.25) is 0 Å². The summed E-state index contributed by atoms with van der Waals surface area (Å²) >= 11 is 0. The van der Waals surface area contributed by atoms with Crippen molar-refractivity contribution in [2.45, 2.75) is 65.1 Å². The summed E-state index contributed by atoms with van der Waals surface area (Å²) in [6.45, 7) is 7.28. The summed E-state index contributed by atoms with van der Waals surface area (Å²) < 4.78 is 5.59. The second kappa shape index (κ2) is 5.13. The Morgan fingerprint density at radius 3 is 2.71 bits per heavy atom. The van der Waals surface area contributed by atoms with Gasteiger partial charge in [-0.2, -0.15) is 0 Å². The zero-order valence-electron chi connectivity index (χ0n) is 9.75. The largest absolute Gasteiger partial charge is 0.393 e. The molecule has 0 spiro atoms. The first-order valence-corrected chi connectivity index (χ1v) is 5.79. The third kappa shape index (κ3) is 4.43. The van der Waals surface area contributed by atoms with Crippen LogP contribution in [0, 0.1) is 5.41 Å². The Kier molecular flexibility index (Phi) is 4.39. The summed E-state index contributed by atoms with van der Waals surface area (Å²) in [6.07, 6.45) is 5.95. The number of hydrogen-bond donors (Lipinski definition) is 1. The van der Waals surface area contributed by atoms with Crippen LogP contribution < -0.4 is 0 Å². The fourth-order valence-electron chi connectivity index (χ4n) is 2.33. The van der Waals surface area contributed by atoms with Gasteiger partial charge in [-0.3, -0.25) is 0 Å². The molecule has 84 valence electrons. The molecule has 2 unspecified atom stereocenters. The monoisotopic (exact) mass is 200 g/mol. The van der Waals surface area contributed by atoms with Crippen molar-refractivity contribution in [1.82, 2.24) is 0 Å². The molecule has 0 radical (unpaired) electrons. The fourth-order valence-corrected chi connectivity index (χ4v) is 2.33. The van der Waals surface area contributed by atoms with Crippen LogP contribution >= 0.6 is 0 Å². The molecule has 1 saturated heterocycles. The molecule has 1 fully saturated rings. The van der Waals surface area contributed by atoms with E-state index in [4.69, 9.17) is 4.74 Å². The van der Waals surface area contributed by atoms with Crippen LogP contribution in [0.4, 0.5) is 0 Å². The normalized spacial score (nSPS) is 25.3. The first-order valence-electron chi connectivity index (χ1n) is 5.79. The Labute approximate surface area is 87.7 Å². The van der Waals surface area contributed by atoms with Crippen LogP contribution in [-0.2, 0) is 4.74 Å². The number of aliphatic hydroxyl groups excluding tert-OH is 1. The molecule has 0 aromatic heterocycles. The number of aliphatic hydroxyl groups is 1. The molecule has 0 aliphatic carbocycles. The minimum Gasteiger partial charge on any atom is -0.393 e. The topological polar surface area (TPSA) is 29.5 Å². The Morgan fingerprint density at radius 1 is 1.50 bits per heavy atom. The van der Waals surface area contributed by atoms with Gasteiger partial charge < -0.3 is 9.84 Å². The lowest BCUT2D eigenvalue weighted by Gasteiger charge is -2.27. The van der Waals surface area contributed by atoms with Gasteiger partial charge in [-0.05, 0) is 44.4 Å². The summed E-state index contributed by atoms with van der Waals surface area (Å²) in [5, 5.41) is 9.35. The van der Waals surface area contributed by atoms with E-state index in [1.54, 1.807) is 0 Å². The molecule has 0 saturated carbocycles. The van der Waals surface area contributed by atoms with Crippen molar-refractivity contribution >= 4 is 0 Å². The zero-order valence-corrected chi connectivity index (χ0v) is 9.75. The molecule has 1 rings (SSSR count). The average Bonchev–Trinajstić information content (AvgIpc) is 2.50. The van der Waals surface area contributed by atoms with Crippen molar-refractivity contribution < 1.29 is 9.84 Å². The molecular formula is C12H24O2. The maximum absolute atomic E-state index is 9.35. The van der Waals surface area contributed by atoms with Crippen molar-refractivity contribution in [3.8, 4) is 0 Å². The standard InChI is InChI=1S/C12H24O2/c1-10(13)9-12(2,3)7-6-11-5-4-8-14-11/h10-11,13H,4-9H2,1-3H3. The van der Waals surface area contributed by atoms with E-state index in [0.29, 0.717) is 6.10 Å². The lowest BCUT2D eigenvalue weighted by molar-refractivity contribution is 0.0771. The lowest BCUT2D eigenvalue weighted by Crippen LogP contribution is -2.20. The van der Waals surface area contributed by atoms with Crippen LogP contribution in [0.15, 0.2) is 0 Å². The van der Waals surface area contributed by atoms with Gasteiger partial charge in [-0.25, -0.2) is 0 Å². The SMILES string of the molecule is CC(O)CC(C)(C)CCC1CCCO1. The van der Waals surface area contributed by atoms with E-state index < -0.39 is 0 Å². The molecule has 14 heavy (non-hydrogen) atoms. The van der Waals surface area contributed by atoms with E-state index in [1.807, 2.05) is 6.92 Å². The van der Waals surface area contributed by atoms with Gasteiger partial charge in [0.2, 0.25) is 0 Å². The van der Waals surface area contributed by atoms with Gasteiger partial charge in [-0.15, -0.1) is 0 Å². The van der Waals surface area contributed by atoms with Crippen LogP contribution in [0.25, 0.3) is 0 Å². The van der Waals surface area contributed by atoms with E-state index in [-0.39, 0.29) is 11.5 Å². The van der Waals surface area contributed by atoms with Crippen molar-refractivity contribution in [3.05, 3.63) is 0 Å². The van der Waals surface area contributed by atoms with Crippen molar-refractivity contribution in [2.75, 3.05) is 6.61 Å². The summed E-state index contributed by atoms with van der Waals surface area (Å²) in [7, 11) is 0. The summed E-state index contributed by atoms with van der Waals surface area (Å²) in [5.74, 6) is 0. The van der Waals surface area contributed by atoms with E-state index in [2.05, 4.69) is 13.8 Å². The summed E-state index contributed by atoms with van der Waals surface area (Å²) in [5.41, 5.74) is 0.250. The molecule has 0 amide bonds. The highest BCUT2D eigenvalue weighted by atomic mass is 16.5. The summed E-state index contributed by atoms with van der Waals surface area (Å²) in [4.78, 5) is 0. The van der Waals surface area contributed by atoms with Crippen LogP contribution in [-0.4, -0.2) is 23.9 Å². The number of ether oxygens (including phenoxy) is 1. The molecule has 2 nitrogen and oxygen atoms in total. The van der Waals surface area contributed by atoms with Crippen LogP contribution in [0.1, 0.15) is 52.9 Å². The minimum absolute atomic E-state index is 0.186. The molecule has 0 aromatic rings. The van der Waals surface area contributed by atoms with E-state index in [0.717, 1.165) is 25.9 Å². The van der Waals surface area contributed by atoms with Crippen LogP contribution in [0.5, 0.6) is 0 Å². The first kappa shape index (κ1) is 12.0. The van der Waals surface area contributed by atoms with Crippen molar-refractivity contribution in [3.63, 3.8) is 0 Å². The maximum atomic E-state index is 9.35. The van der Waals surface area contributed by atoms with Gasteiger partial charge in [0.25, 0.3) is 0 Å². The van der Waals surface area contributed by atoms with Gasteiger partial charge in [0.1, 0.15) is 0 Å². The Hall–Kier alpha value is -0.0800. The predicted octanol–water partition coefficient (Wildman–Crippen LogP) is 2.74. The second-order valence-electron chi connectivity index (χ2n) is 5.39. The third-order valence-electron chi connectivity index (χ3n) is 3.02. The Bertz CT molecular complexity index is 158. The molecule has 1 aliphatic rings. The van der Waals surface area contributed by atoms with E-state index in [9.17, 15) is 5.11 Å². The van der Waals surface area contributed by atoms with E-state index in [1.165, 1.54) is 12.8 Å². The second-order valence-corrected chi connectivity index (χ2v) is 5.39. The Morgan fingerprint density at radius 2 is 2.21 bits per heavy atom. The number of hydrogen-bond acceptors (Lipinski definition) is 2. The quantitative estimate of drug-likeness (QED) is 0.739. The first-order chi connectivity index (χ1) is 6.49. The van der Waals surface area contributed by atoms with Gasteiger partial charge in [0.15, 0.2) is 0 Å².